The number of hydrogen-bond acceptors (Lipinski definition) is 9. The zero-order valence-corrected chi connectivity index (χ0v) is 23.1. The van der Waals surface area contributed by atoms with E-state index >= 15 is 0 Å². The molecule has 0 spiro atoms. The maximum Gasteiger partial charge on any atom is 0.296 e. The highest BCUT2D eigenvalue weighted by atomic mass is 19.3. The fourth-order valence-electron chi connectivity index (χ4n) is 5.35. The van der Waals surface area contributed by atoms with Crippen molar-refractivity contribution in [1.82, 2.24) is 24.5 Å². The number of hydrogen-bond donors (Lipinski definition) is 1. The van der Waals surface area contributed by atoms with E-state index in [0.29, 0.717) is 80.5 Å². The Hall–Kier alpha value is -4.39. The number of aromatic nitrogens is 5. The Bertz CT molecular complexity index is 1540. The minimum Gasteiger partial charge on any atom is -0.481 e. The van der Waals surface area contributed by atoms with Crippen LogP contribution in [-0.2, 0) is 9.53 Å². The van der Waals surface area contributed by atoms with Crippen LogP contribution in [0.5, 0.6) is 11.8 Å². The number of anilines is 2. The second-order valence-electron chi connectivity index (χ2n) is 10.2. The molecule has 4 aromatic rings. The Morgan fingerprint density at radius 3 is 2.52 bits per heavy atom. The fourth-order valence-corrected chi connectivity index (χ4v) is 5.35. The lowest BCUT2D eigenvalue weighted by atomic mass is 9.86. The van der Waals surface area contributed by atoms with Crippen LogP contribution in [0.2, 0.25) is 0 Å². The third-order valence-electron chi connectivity index (χ3n) is 7.53. The van der Waals surface area contributed by atoms with E-state index in [1.807, 2.05) is 4.90 Å². The highest BCUT2D eigenvalue weighted by molar-refractivity contribution is 5.92. The molecule has 13 heteroatoms. The summed E-state index contributed by atoms with van der Waals surface area (Å²) < 4.78 is 46.5. The summed E-state index contributed by atoms with van der Waals surface area (Å²) in [5.41, 5.74) is 1.58. The van der Waals surface area contributed by atoms with Gasteiger partial charge in [-0.1, -0.05) is 12.1 Å². The quantitative estimate of drug-likeness (QED) is 0.320. The topological polar surface area (TPSA) is 117 Å². The number of halogens is 2. The normalized spacial score (nSPS) is 19.2. The zero-order valence-electron chi connectivity index (χ0n) is 23.1. The number of pyridine rings is 1. The zero-order chi connectivity index (χ0) is 29.1. The molecular weight excluding hydrogens is 548 g/mol. The molecule has 220 valence electrons. The maximum absolute atomic E-state index is 14.1. The van der Waals surface area contributed by atoms with Crippen molar-refractivity contribution in [2.75, 3.05) is 43.6 Å². The molecule has 0 bridgehead atoms. The van der Waals surface area contributed by atoms with Gasteiger partial charge in [-0.2, -0.15) is 9.97 Å². The summed E-state index contributed by atoms with van der Waals surface area (Å²) in [4.78, 5) is 32.4. The van der Waals surface area contributed by atoms with E-state index in [1.165, 1.54) is 11.7 Å². The molecular formula is C29H31F2N7O4. The van der Waals surface area contributed by atoms with Gasteiger partial charge < -0.3 is 24.4 Å². The molecule has 6 rings (SSSR count). The van der Waals surface area contributed by atoms with E-state index in [0.717, 1.165) is 0 Å². The predicted molar refractivity (Wildman–Crippen MR) is 150 cm³/mol. The summed E-state index contributed by atoms with van der Waals surface area (Å²) in [5, 5.41) is 2.92. The molecule has 11 nitrogen and oxygen atoms in total. The summed E-state index contributed by atoms with van der Waals surface area (Å²) >= 11 is 0. The number of morpholine rings is 1. The number of nitrogens with one attached hydrogen (secondary N) is 1. The van der Waals surface area contributed by atoms with Crippen molar-refractivity contribution >= 4 is 28.6 Å². The predicted octanol–water partition coefficient (Wildman–Crippen LogP) is 4.57. The van der Waals surface area contributed by atoms with Crippen LogP contribution in [0.25, 0.3) is 16.9 Å². The Morgan fingerprint density at radius 1 is 1.02 bits per heavy atom. The number of carbonyl (C=O) groups is 1. The van der Waals surface area contributed by atoms with Gasteiger partial charge in [0.2, 0.25) is 23.6 Å². The smallest absolute Gasteiger partial charge is 0.296 e. The van der Waals surface area contributed by atoms with Crippen molar-refractivity contribution in [2.45, 2.75) is 38.2 Å². The highest BCUT2D eigenvalue weighted by Crippen LogP contribution is 2.32. The number of carbonyl (C=O) groups excluding carboxylic acids is 1. The van der Waals surface area contributed by atoms with Gasteiger partial charge in [0.05, 0.1) is 43.2 Å². The maximum atomic E-state index is 14.1. The summed E-state index contributed by atoms with van der Waals surface area (Å²) in [6.07, 6.45) is 1.12. The Kier molecular flexibility index (Phi) is 8.08. The highest BCUT2D eigenvalue weighted by Gasteiger charge is 2.29. The van der Waals surface area contributed by atoms with E-state index < -0.39 is 12.2 Å². The van der Waals surface area contributed by atoms with Crippen molar-refractivity contribution in [1.29, 1.82) is 0 Å². The first-order valence-corrected chi connectivity index (χ1v) is 13.9. The lowest BCUT2D eigenvalue weighted by Crippen LogP contribution is -2.37. The van der Waals surface area contributed by atoms with Crippen LogP contribution in [-0.4, -0.2) is 69.9 Å². The van der Waals surface area contributed by atoms with Crippen molar-refractivity contribution in [3.05, 3.63) is 54.5 Å². The SMILES string of the molecule is COc1ccc(NC(=O)C2CCC(Oc3cc(-n4c(C(F)F)nc5ccccc54)nc(N4CCOCC4)n3)CC2)cn1. The number of amides is 1. The van der Waals surface area contributed by atoms with Gasteiger partial charge in [-0.25, -0.2) is 18.7 Å². The minimum absolute atomic E-state index is 0.0640. The van der Waals surface area contributed by atoms with Gasteiger partial charge in [0.15, 0.2) is 5.82 Å². The molecule has 1 saturated heterocycles. The second-order valence-corrected chi connectivity index (χ2v) is 10.2. The van der Waals surface area contributed by atoms with Gasteiger partial charge in [0.1, 0.15) is 11.9 Å². The molecule has 2 fully saturated rings. The molecule has 1 N–H and O–H groups in total. The standard InChI is InChI=1S/C29H31F2N7O4/c1-40-24-11-8-19(17-32-24)33-28(39)18-6-9-20(10-7-18)42-25-16-23(35-29(36-25)37-12-14-41-15-13-37)38-22-5-3-2-4-21(22)34-27(38)26(30)31/h2-5,8,11,16-18,20,26H,6-7,9-10,12-15H2,1H3,(H,33,39). The average Bonchev–Trinajstić information content (AvgIpc) is 3.42. The van der Waals surface area contributed by atoms with Gasteiger partial charge in [-0.3, -0.25) is 9.36 Å². The van der Waals surface area contributed by atoms with Crippen LogP contribution in [0.4, 0.5) is 20.4 Å². The third kappa shape index (κ3) is 5.96. The van der Waals surface area contributed by atoms with E-state index in [-0.39, 0.29) is 29.6 Å². The lowest BCUT2D eigenvalue weighted by Gasteiger charge is -2.29. The van der Waals surface area contributed by atoms with Crippen molar-refractivity contribution < 1.29 is 27.8 Å². The van der Waals surface area contributed by atoms with Crippen LogP contribution in [0.1, 0.15) is 37.9 Å². The minimum atomic E-state index is -2.81. The number of para-hydroxylation sites is 2. The van der Waals surface area contributed by atoms with E-state index in [1.54, 1.807) is 48.7 Å². The van der Waals surface area contributed by atoms with Crippen molar-refractivity contribution in [3.63, 3.8) is 0 Å². The molecule has 2 aliphatic rings. The van der Waals surface area contributed by atoms with E-state index in [9.17, 15) is 13.6 Å². The van der Waals surface area contributed by atoms with Gasteiger partial charge in [-0.15, -0.1) is 0 Å². The molecule has 1 aliphatic heterocycles. The number of nitrogens with zero attached hydrogens (tertiary/aromatic N) is 6. The van der Waals surface area contributed by atoms with Crippen LogP contribution in [0.15, 0.2) is 48.7 Å². The van der Waals surface area contributed by atoms with Crippen molar-refractivity contribution in [2.24, 2.45) is 5.92 Å². The summed E-state index contributed by atoms with van der Waals surface area (Å²) in [6.45, 7) is 2.16. The molecule has 4 heterocycles. The van der Waals surface area contributed by atoms with Gasteiger partial charge in [-0.05, 0) is 43.9 Å². The first-order chi connectivity index (χ1) is 20.5. The first-order valence-electron chi connectivity index (χ1n) is 13.9. The van der Waals surface area contributed by atoms with Gasteiger partial charge in [0.25, 0.3) is 6.43 Å². The number of benzene rings is 1. The van der Waals surface area contributed by atoms with E-state index in [2.05, 4.69) is 25.3 Å². The Balaban J connectivity index is 1.21. The fraction of sp³-hybridized carbons (Fsp3) is 0.414. The van der Waals surface area contributed by atoms with E-state index in [4.69, 9.17) is 14.2 Å². The second kappa shape index (κ2) is 12.2. The number of fused-ring (bicyclic) bond motifs is 1. The van der Waals surface area contributed by atoms with Crippen LogP contribution < -0.4 is 19.7 Å². The van der Waals surface area contributed by atoms with Gasteiger partial charge >= 0.3 is 0 Å². The first kappa shape index (κ1) is 27.8. The summed E-state index contributed by atoms with van der Waals surface area (Å²) in [6, 6.07) is 12.0. The molecule has 1 saturated carbocycles. The molecule has 1 amide bonds. The largest absolute Gasteiger partial charge is 0.481 e. The molecule has 0 unspecified atom stereocenters. The monoisotopic (exact) mass is 579 g/mol. The molecule has 1 aromatic carbocycles. The number of imidazole rings is 1. The molecule has 3 aromatic heterocycles. The van der Waals surface area contributed by atoms with Crippen LogP contribution in [0, 0.1) is 5.92 Å². The molecule has 1 aliphatic carbocycles. The van der Waals surface area contributed by atoms with Gasteiger partial charge in [0, 0.05) is 31.1 Å². The summed E-state index contributed by atoms with van der Waals surface area (Å²) in [5.74, 6) is 0.774. The molecule has 0 radical (unpaired) electrons. The number of rotatable bonds is 8. The number of methoxy groups -OCH3 is 1. The third-order valence-corrected chi connectivity index (χ3v) is 7.53. The lowest BCUT2D eigenvalue weighted by molar-refractivity contribution is -0.121. The number of ether oxygens (including phenoxy) is 3. The average molecular weight is 580 g/mol. The molecule has 0 atom stereocenters. The molecule has 42 heavy (non-hydrogen) atoms. The van der Waals surface area contributed by atoms with Crippen LogP contribution >= 0.6 is 0 Å². The number of alkyl halides is 2. The Morgan fingerprint density at radius 2 is 1.81 bits per heavy atom. The van der Waals surface area contributed by atoms with Crippen molar-refractivity contribution in [3.8, 4) is 17.6 Å². The summed E-state index contributed by atoms with van der Waals surface area (Å²) in [7, 11) is 1.53. The Labute approximate surface area is 240 Å². The van der Waals surface area contributed by atoms with Crippen LogP contribution in [0.3, 0.4) is 0 Å².